The molecule has 4 heteroatoms. The van der Waals surface area contributed by atoms with E-state index in [4.69, 9.17) is 14.2 Å². The van der Waals surface area contributed by atoms with Crippen LogP contribution in [0, 0.1) is 0 Å². The number of fused-ring (bicyclic) bond motifs is 6. The van der Waals surface area contributed by atoms with Crippen LogP contribution in [0.3, 0.4) is 0 Å². The van der Waals surface area contributed by atoms with E-state index in [-0.39, 0.29) is 12.4 Å². The second-order valence-corrected chi connectivity index (χ2v) is 6.46. The summed E-state index contributed by atoms with van der Waals surface area (Å²) in [6.45, 7) is 4.37. The van der Waals surface area contributed by atoms with Crippen LogP contribution in [0.4, 0.5) is 0 Å². The minimum Gasteiger partial charge on any atom is -0.483 e. The van der Waals surface area contributed by atoms with Gasteiger partial charge in [0.2, 0.25) is 6.79 Å². The maximum absolute atomic E-state index is 6.04. The van der Waals surface area contributed by atoms with E-state index in [9.17, 15) is 0 Å². The lowest BCUT2D eigenvalue weighted by Gasteiger charge is -2.28. The van der Waals surface area contributed by atoms with Crippen molar-refractivity contribution < 1.29 is 14.2 Å². The molecule has 0 amide bonds. The van der Waals surface area contributed by atoms with Crippen molar-refractivity contribution in [1.29, 1.82) is 0 Å². The monoisotopic (exact) mass is 305 g/mol. The van der Waals surface area contributed by atoms with Gasteiger partial charge in [0.1, 0.15) is 11.4 Å². The van der Waals surface area contributed by atoms with Crippen LogP contribution < -0.4 is 14.2 Å². The summed E-state index contributed by atoms with van der Waals surface area (Å²) in [5.41, 5.74) is 1.69. The molecule has 2 aromatic carbocycles. The molecular formula is C19H15NO3. The largest absolute Gasteiger partial charge is 0.483 e. The van der Waals surface area contributed by atoms with Gasteiger partial charge in [-0.25, -0.2) is 0 Å². The van der Waals surface area contributed by atoms with E-state index in [0.717, 1.165) is 44.5 Å². The van der Waals surface area contributed by atoms with Gasteiger partial charge in [-0.2, -0.15) is 0 Å². The lowest BCUT2D eigenvalue weighted by molar-refractivity contribution is 0.159. The van der Waals surface area contributed by atoms with E-state index >= 15 is 0 Å². The molecule has 0 saturated heterocycles. The van der Waals surface area contributed by atoms with Crippen LogP contribution in [0.2, 0.25) is 0 Å². The Morgan fingerprint density at radius 1 is 1.00 bits per heavy atom. The van der Waals surface area contributed by atoms with E-state index in [1.54, 1.807) is 0 Å². The van der Waals surface area contributed by atoms with Crippen molar-refractivity contribution in [2.75, 3.05) is 6.79 Å². The number of nitrogens with zero attached hydrogens (tertiary/aromatic N) is 1. The summed E-state index contributed by atoms with van der Waals surface area (Å²) in [7, 11) is 0. The fourth-order valence-electron chi connectivity index (χ4n) is 3.23. The molecule has 0 spiro atoms. The normalized spacial score (nSPS) is 17.3. The first-order valence-electron chi connectivity index (χ1n) is 7.64. The van der Waals surface area contributed by atoms with E-state index in [1.165, 1.54) is 0 Å². The number of ether oxygens (including phenoxy) is 3. The van der Waals surface area contributed by atoms with Crippen LogP contribution in [0.5, 0.6) is 17.2 Å². The number of rotatable bonds is 0. The first-order valence-corrected chi connectivity index (χ1v) is 7.64. The third-order valence-corrected chi connectivity index (χ3v) is 4.37. The molecule has 2 aliphatic heterocycles. The van der Waals surface area contributed by atoms with Crippen LogP contribution in [0.25, 0.3) is 27.8 Å². The van der Waals surface area contributed by atoms with Gasteiger partial charge in [-0.05, 0) is 55.7 Å². The summed E-state index contributed by atoms with van der Waals surface area (Å²) < 4.78 is 17.0. The Labute approximate surface area is 133 Å². The predicted octanol–water partition coefficient (Wildman–Crippen LogP) is 4.30. The van der Waals surface area contributed by atoms with Crippen LogP contribution in [0.15, 0.2) is 36.5 Å². The topological polar surface area (TPSA) is 40.6 Å². The quantitative estimate of drug-likeness (QED) is 0.581. The molecule has 0 atom stereocenters. The average molecular weight is 305 g/mol. The van der Waals surface area contributed by atoms with Gasteiger partial charge in [-0.15, -0.1) is 0 Å². The summed E-state index contributed by atoms with van der Waals surface area (Å²) in [5.74, 6) is 2.44. The Hall–Kier alpha value is -2.75. The van der Waals surface area contributed by atoms with Gasteiger partial charge < -0.3 is 14.2 Å². The second-order valence-electron chi connectivity index (χ2n) is 6.46. The van der Waals surface area contributed by atoms with E-state index in [2.05, 4.69) is 23.2 Å². The van der Waals surface area contributed by atoms with Crippen molar-refractivity contribution in [2.45, 2.75) is 19.4 Å². The minimum atomic E-state index is -0.288. The highest BCUT2D eigenvalue weighted by atomic mass is 16.7. The SMILES string of the molecule is CC1(C)C=Cc2c(ccc3c2ncc2cc4c(cc23)OCO4)O1. The number of hydrogen-bond acceptors (Lipinski definition) is 4. The van der Waals surface area contributed by atoms with Crippen molar-refractivity contribution in [3.05, 3.63) is 42.1 Å². The van der Waals surface area contributed by atoms with Crippen molar-refractivity contribution in [2.24, 2.45) is 0 Å². The molecule has 0 bridgehead atoms. The van der Waals surface area contributed by atoms with E-state index < -0.39 is 0 Å². The first kappa shape index (κ1) is 12.8. The third-order valence-electron chi connectivity index (χ3n) is 4.37. The Bertz CT molecular complexity index is 1000. The molecule has 1 aromatic heterocycles. The van der Waals surface area contributed by atoms with Gasteiger partial charge in [0, 0.05) is 22.5 Å². The summed E-state index contributed by atoms with van der Waals surface area (Å²) in [6, 6.07) is 8.11. The zero-order valence-electron chi connectivity index (χ0n) is 12.9. The fraction of sp³-hybridized carbons (Fsp3) is 0.211. The van der Waals surface area contributed by atoms with Crippen LogP contribution in [0.1, 0.15) is 19.4 Å². The molecule has 3 aromatic rings. The molecule has 4 nitrogen and oxygen atoms in total. The van der Waals surface area contributed by atoms with Gasteiger partial charge in [0.15, 0.2) is 11.5 Å². The molecule has 0 aliphatic carbocycles. The molecule has 0 N–H and O–H groups in total. The van der Waals surface area contributed by atoms with Gasteiger partial charge >= 0.3 is 0 Å². The molecule has 3 heterocycles. The standard InChI is InChI=1S/C19H15NO3/c1-19(2)6-5-13-15(23-19)4-3-12-14-8-17-16(21-10-22-17)7-11(14)9-20-18(12)13/h3-9H,10H2,1-2H3. The molecule has 0 unspecified atom stereocenters. The maximum Gasteiger partial charge on any atom is 0.231 e. The Morgan fingerprint density at radius 3 is 2.70 bits per heavy atom. The van der Waals surface area contributed by atoms with Gasteiger partial charge in [0.05, 0.1) is 5.52 Å². The molecule has 114 valence electrons. The van der Waals surface area contributed by atoms with Crippen LogP contribution >= 0.6 is 0 Å². The number of benzene rings is 2. The Kier molecular flexibility index (Phi) is 2.31. The molecule has 23 heavy (non-hydrogen) atoms. The molecule has 0 radical (unpaired) electrons. The maximum atomic E-state index is 6.04. The smallest absolute Gasteiger partial charge is 0.231 e. The number of hydrogen-bond donors (Lipinski definition) is 0. The Morgan fingerprint density at radius 2 is 1.83 bits per heavy atom. The molecule has 0 fully saturated rings. The van der Waals surface area contributed by atoms with Crippen molar-refractivity contribution in [3.8, 4) is 17.2 Å². The van der Waals surface area contributed by atoms with Crippen molar-refractivity contribution in [1.82, 2.24) is 4.98 Å². The highest BCUT2D eigenvalue weighted by molar-refractivity contribution is 6.09. The third kappa shape index (κ3) is 1.81. The van der Waals surface area contributed by atoms with E-state index in [0.29, 0.717) is 0 Å². The summed E-state index contributed by atoms with van der Waals surface area (Å²) in [4.78, 5) is 4.67. The van der Waals surface area contributed by atoms with Gasteiger partial charge in [-0.1, -0.05) is 0 Å². The zero-order chi connectivity index (χ0) is 15.6. The summed E-state index contributed by atoms with van der Waals surface area (Å²) in [6.07, 6.45) is 6.06. The van der Waals surface area contributed by atoms with Crippen LogP contribution in [-0.4, -0.2) is 17.4 Å². The van der Waals surface area contributed by atoms with Gasteiger partial charge in [0.25, 0.3) is 0 Å². The molecule has 2 aliphatic rings. The van der Waals surface area contributed by atoms with Gasteiger partial charge in [-0.3, -0.25) is 4.98 Å². The average Bonchev–Trinajstić information content (AvgIpc) is 2.98. The number of pyridine rings is 1. The lowest BCUT2D eigenvalue weighted by atomic mass is 9.98. The summed E-state index contributed by atoms with van der Waals surface area (Å²) >= 11 is 0. The number of aromatic nitrogens is 1. The second kappa shape index (κ2) is 4.16. The lowest BCUT2D eigenvalue weighted by Crippen LogP contribution is -2.27. The molecular weight excluding hydrogens is 290 g/mol. The van der Waals surface area contributed by atoms with Crippen molar-refractivity contribution >= 4 is 27.8 Å². The summed E-state index contributed by atoms with van der Waals surface area (Å²) in [5, 5.41) is 3.25. The molecule has 0 saturated carbocycles. The minimum absolute atomic E-state index is 0.276. The highest BCUT2D eigenvalue weighted by Gasteiger charge is 2.24. The molecule has 5 rings (SSSR count). The highest BCUT2D eigenvalue weighted by Crippen LogP contribution is 2.41. The fourth-order valence-corrected chi connectivity index (χ4v) is 3.23. The Balaban J connectivity index is 1.83. The van der Waals surface area contributed by atoms with Crippen molar-refractivity contribution in [3.63, 3.8) is 0 Å². The van der Waals surface area contributed by atoms with Crippen LogP contribution in [-0.2, 0) is 0 Å². The zero-order valence-corrected chi connectivity index (χ0v) is 12.9. The first-order chi connectivity index (χ1) is 11.1. The van der Waals surface area contributed by atoms with E-state index in [1.807, 2.05) is 38.2 Å². The predicted molar refractivity (Wildman–Crippen MR) is 89.1 cm³/mol.